The van der Waals surface area contributed by atoms with E-state index in [0.717, 1.165) is 5.19 Å². The van der Waals surface area contributed by atoms with Crippen LogP contribution in [0.5, 0.6) is 0 Å². The fourth-order valence-electron chi connectivity index (χ4n) is 1.38. The predicted octanol–water partition coefficient (Wildman–Crippen LogP) is 3.56. The quantitative estimate of drug-likeness (QED) is 0.649. The Morgan fingerprint density at radius 1 is 1.00 bits per heavy atom. The number of aryl methyl sites for hydroxylation is 1. The van der Waals surface area contributed by atoms with Gasteiger partial charge in [-0.3, -0.25) is 0 Å². The van der Waals surface area contributed by atoms with E-state index in [1.165, 1.54) is 12.1 Å². The Balaban J connectivity index is 3.30. The Labute approximate surface area is 89.1 Å². The summed E-state index contributed by atoms with van der Waals surface area (Å²) < 4.78 is 37.7. The summed E-state index contributed by atoms with van der Waals surface area (Å²) in [5.74, 6) is 0. The van der Waals surface area contributed by atoms with Crippen LogP contribution < -0.4 is 5.19 Å². The van der Waals surface area contributed by atoms with Gasteiger partial charge in [0.1, 0.15) is 0 Å². The van der Waals surface area contributed by atoms with Crippen LogP contribution in [0, 0.1) is 6.92 Å². The highest BCUT2D eigenvalue weighted by Crippen LogP contribution is 2.29. The van der Waals surface area contributed by atoms with Gasteiger partial charge in [0.05, 0.1) is 13.6 Å². The summed E-state index contributed by atoms with van der Waals surface area (Å²) in [6.07, 6.45) is -4.24. The molecule has 0 aromatic heterocycles. The molecule has 0 atom stereocenters. The van der Waals surface area contributed by atoms with Crippen molar-refractivity contribution in [2.75, 3.05) is 0 Å². The molecule has 84 valence electrons. The Bertz CT molecular complexity index is 329. The van der Waals surface area contributed by atoms with Gasteiger partial charge in [-0.25, -0.2) is 0 Å². The van der Waals surface area contributed by atoms with E-state index in [0.29, 0.717) is 5.56 Å². The maximum atomic E-state index is 12.6. The Hall–Kier alpha value is -0.773. The smallest absolute Gasteiger partial charge is 0.166 e. The van der Waals surface area contributed by atoms with Gasteiger partial charge in [-0.2, -0.15) is 13.2 Å². The standard InChI is InChI=1S/C11H15F3Si/c1-8-5-9(11(12,13)14)7-10(6-8)15(2,3)4/h5-7H,1-4H3. The van der Waals surface area contributed by atoms with Crippen LogP contribution in [0.15, 0.2) is 18.2 Å². The average Bonchev–Trinajstić information content (AvgIpc) is 1.99. The zero-order valence-electron chi connectivity index (χ0n) is 9.37. The molecule has 0 radical (unpaired) electrons. The van der Waals surface area contributed by atoms with Crippen molar-refractivity contribution in [3.8, 4) is 0 Å². The van der Waals surface area contributed by atoms with Crippen molar-refractivity contribution >= 4 is 13.3 Å². The van der Waals surface area contributed by atoms with Crippen molar-refractivity contribution in [1.82, 2.24) is 0 Å². The molecule has 15 heavy (non-hydrogen) atoms. The molecule has 0 saturated carbocycles. The minimum absolute atomic E-state index is 0.528. The third-order valence-corrected chi connectivity index (χ3v) is 4.29. The molecule has 0 fully saturated rings. The van der Waals surface area contributed by atoms with E-state index < -0.39 is 19.8 Å². The van der Waals surface area contributed by atoms with Gasteiger partial charge in [0.2, 0.25) is 0 Å². The molecule has 0 aliphatic carbocycles. The normalized spacial score (nSPS) is 13.0. The zero-order chi connectivity index (χ0) is 11.9. The molecule has 0 saturated heterocycles. The summed E-state index contributed by atoms with van der Waals surface area (Å²) >= 11 is 0. The summed E-state index contributed by atoms with van der Waals surface area (Å²) in [6.45, 7) is 7.84. The molecule has 0 spiro atoms. The van der Waals surface area contributed by atoms with Gasteiger partial charge in [-0.1, -0.05) is 42.5 Å². The summed E-state index contributed by atoms with van der Waals surface area (Å²) in [6, 6.07) is 4.35. The minimum atomic E-state index is -4.24. The number of alkyl halides is 3. The number of halogens is 3. The third-order valence-electron chi connectivity index (χ3n) is 2.27. The molecule has 0 amide bonds. The van der Waals surface area contributed by atoms with E-state index in [9.17, 15) is 13.2 Å². The van der Waals surface area contributed by atoms with Crippen LogP contribution in [0.3, 0.4) is 0 Å². The van der Waals surface area contributed by atoms with Gasteiger partial charge in [-0.15, -0.1) is 0 Å². The maximum absolute atomic E-state index is 12.6. The number of benzene rings is 1. The topological polar surface area (TPSA) is 0 Å². The highest BCUT2D eigenvalue weighted by molar-refractivity contribution is 6.88. The molecule has 0 nitrogen and oxygen atoms in total. The first-order chi connectivity index (χ1) is 6.60. The van der Waals surface area contributed by atoms with Gasteiger partial charge < -0.3 is 0 Å². The van der Waals surface area contributed by atoms with Crippen molar-refractivity contribution in [3.05, 3.63) is 29.3 Å². The SMILES string of the molecule is Cc1cc(C(F)(F)F)cc([Si](C)(C)C)c1. The van der Waals surface area contributed by atoms with Crippen LogP contribution in [-0.4, -0.2) is 8.07 Å². The third kappa shape index (κ3) is 3.09. The highest BCUT2D eigenvalue weighted by Gasteiger charge is 2.32. The van der Waals surface area contributed by atoms with Crippen LogP contribution in [0.25, 0.3) is 0 Å². The van der Waals surface area contributed by atoms with Crippen molar-refractivity contribution < 1.29 is 13.2 Å². The van der Waals surface area contributed by atoms with Gasteiger partial charge in [0.25, 0.3) is 0 Å². The lowest BCUT2D eigenvalue weighted by Crippen LogP contribution is -2.38. The fraction of sp³-hybridized carbons (Fsp3) is 0.455. The van der Waals surface area contributed by atoms with E-state index in [1.54, 1.807) is 6.92 Å². The summed E-state index contributed by atoms with van der Waals surface area (Å²) in [5.41, 5.74) is 0.155. The fourth-order valence-corrected chi connectivity index (χ4v) is 2.63. The molecule has 0 N–H and O–H groups in total. The van der Waals surface area contributed by atoms with Crippen LogP contribution in [-0.2, 0) is 6.18 Å². The number of hydrogen-bond donors (Lipinski definition) is 0. The van der Waals surface area contributed by atoms with E-state index in [4.69, 9.17) is 0 Å². The first-order valence-corrected chi connectivity index (χ1v) is 8.30. The van der Waals surface area contributed by atoms with Crippen molar-refractivity contribution in [2.24, 2.45) is 0 Å². The average molecular weight is 232 g/mol. The summed E-state index contributed by atoms with van der Waals surface area (Å²) in [5, 5.41) is 0.856. The van der Waals surface area contributed by atoms with E-state index >= 15 is 0 Å². The monoisotopic (exact) mass is 232 g/mol. The lowest BCUT2D eigenvalue weighted by molar-refractivity contribution is -0.137. The van der Waals surface area contributed by atoms with Gasteiger partial charge in [0, 0.05) is 0 Å². The van der Waals surface area contributed by atoms with Gasteiger partial charge >= 0.3 is 6.18 Å². The van der Waals surface area contributed by atoms with Crippen molar-refractivity contribution in [2.45, 2.75) is 32.7 Å². The van der Waals surface area contributed by atoms with E-state index in [-0.39, 0.29) is 0 Å². The molecule has 1 rings (SSSR count). The van der Waals surface area contributed by atoms with E-state index in [1.807, 2.05) is 25.7 Å². The Morgan fingerprint density at radius 2 is 1.53 bits per heavy atom. The van der Waals surface area contributed by atoms with Crippen molar-refractivity contribution in [3.63, 3.8) is 0 Å². The second-order valence-electron chi connectivity index (χ2n) is 4.84. The second kappa shape index (κ2) is 3.67. The molecular weight excluding hydrogens is 217 g/mol. The molecule has 1 aromatic rings. The van der Waals surface area contributed by atoms with Gasteiger partial charge in [-0.05, 0) is 13.0 Å². The maximum Gasteiger partial charge on any atom is 0.416 e. The molecule has 0 aliphatic heterocycles. The van der Waals surface area contributed by atoms with Crippen LogP contribution in [0.2, 0.25) is 19.6 Å². The minimum Gasteiger partial charge on any atom is -0.166 e. The van der Waals surface area contributed by atoms with E-state index in [2.05, 4.69) is 0 Å². The van der Waals surface area contributed by atoms with Gasteiger partial charge in [0.15, 0.2) is 0 Å². The molecule has 1 aromatic carbocycles. The summed E-state index contributed by atoms with van der Waals surface area (Å²) in [4.78, 5) is 0. The molecule has 0 unspecified atom stereocenters. The molecular formula is C11H15F3Si. The number of rotatable bonds is 1. The Kier molecular flexibility index (Phi) is 3.00. The molecule has 0 bridgehead atoms. The molecule has 0 aliphatic rings. The molecule has 0 heterocycles. The summed E-state index contributed by atoms with van der Waals surface area (Å²) in [7, 11) is -1.67. The lowest BCUT2D eigenvalue weighted by atomic mass is 10.1. The van der Waals surface area contributed by atoms with Crippen LogP contribution in [0.1, 0.15) is 11.1 Å². The largest absolute Gasteiger partial charge is 0.416 e. The first-order valence-electron chi connectivity index (χ1n) is 4.80. The predicted molar refractivity (Wildman–Crippen MR) is 59.2 cm³/mol. The first kappa shape index (κ1) is 12.3. The van der Waals surface area contributed by atoms with Crippen LogP contribution >= 0.6 is 0 Å². The second-order valence-corrected chi connectivity index (χ2v) is 9.91. The Morgan fingerprint density at radius 3 is 1.93 bits per heavy atom. The molecule has 4 heteroatoms. The zero-order valence-corrected chi connectivity index (χ0v) is 10.4. The number of hydrogen-bond acceptors (Lipinski definition) is 0. The van der Waals surface area contributed by atoms with Crippen LogP contribution in [0.4, 0.5) is 13.2 Å². The highest BCUT2D eigenvalue weighted by atomic mass is 28.3. The lowest BCUT2D eigenvalue weighted by Gasteiger charge is -2.19. The van der Waals surface area contributed by atoms with Crippen molar-refractivity contribution in [1.29, 1.82) is 0 Å².